The topological polar surface area (TPSA) is 63.0 Å². The van der Waals surface area contributed by atoms with Gasteiger partial charge in [0.2, 0.25) is 11.8 Å². The highest BCUT2D eigenvalue weighted by molar-refractivity contribution is 6.00. The summed E-state index contributed by atoms with van der Waals surface area (Å²) in [6.45, 7) is 6.27. The third kappa shape index (κ3) is 4.22. The van der Waals surface area contributed by atoms with E-state index in [1.165, 1.54) is 5.56 Å². The van der Waals surface area contributed by atoms with Gasteiger partial charge in [-0.2, -0.15) is 0 Å². The number of hydrogen-bond acceptors (Lipinski definition) is 4. The van der Waals surface area contributed by atoms with Crippen molar-refractivity contribution < 1.29 is 18.7 Å². The molecule has 29 heavy (non-hydrogen) atoms. The van der Waals surface area contributed by atoms with E-state index in [0.717, 1.165) is 29.9 Å². The number of amides is 2. The van der Waals surface area contributed by atoms with Gasteiger partial charge in [-0.1, -0.05) is 6.07 Å². The Morgan fingerprint density at radius 3 is 2.66 bits per heavy atom. The summed E-state index contributed by atoms with van der Waals surface area (Å²) in [6.07, 6.45) is 3.51. The fourth-order valence-electron chi connectivity index (χ4n) is 4.20. The fourth-order valence-corrected chi connectivity index (χ4v) is 4.20. The van der Waals surface area contributed by atoms with Crippen LogP contribution in [0.1, 0.15) is 36.1 Å². The molecule has 6 heteroatoms. The fraction of sp³-hybridized carbons (Fsp3) is 0.478. The molecular formula is C23H28N2O4. The second-order valence-electron chi connectivity index (χ2n) is 8.06. The van der Waals surface area contributed by atoms with Crippen molar-refractivity contribution in [3.8, 4) is 0 Å². The van der Waals surface area contributed by atoms with Crippen molar-refractivity contribution in [1.29, 1.82) is 0 Å². The number of aryl methyl sites for hydroxylation is 2. The highest BCUT2D eigenvalue weighted by Crippen LogP contribution is 2.30. The lowest BCUT2D eigenvalue weighted by molar-refractivity contribution is -0.141. The van der Waals surface area contributed by atoms with E-state index in [-0.39, 0.29) is 30.2 Å². The maximum Gasteiger partial charge on any atom is 0.228 e. The monoisotopic (exact) mass is 396 g/mol. The van der Waals surface area contributed by atoms with Crippen molar-refractivity contribution in [3.63, 3.8) is 0 Å². The van der Waals surface area contributed by atoms with E-state index in [9.17, 15) is 9.59 Å². The van der Waals surface area contributed by atoms with Crippen molar-refractivity contribution in [3.05, 3.63) is 53.5 Å². The van der Waals surface area contributed by atoms with Crippen LogP contribution in [0.2, 0.25) is 0 Å². The molecule has 6 nitrogen and oxygen atoms in total. The van der Waals surface area contributed by atoms with Gasteiger partial charge in [0.1, 0.15) is 5.76 Å². The molecule has 0 radical (unpaired) electrons. The second-order valence-corrected chi connectivity index (χ2v) is 8.06. The third-order valence-electron chi connectivity index (χ3n) is 6.10. The van der Waals surface area contributed by atoms with Gasteiger partial charge in [-0.3, -0.25) is 9.59 Å². The number of rotatable bonds is 5. The molecule has 2 saturated heterocycles. The Morgan fingerprint density at radius 1 is 1.17 bits per heavy atom. The largest absolute Gasteiger partial charge is 0.467 e. The number of hydrogen-bond donors (Lipinski definition) is 0. The number of ether oxygens (including phenoxy) is 1. The van der Waals surface area contributed by atoms with Crippen LogP contribution < -0.4 is 4.90 Å². The van der Waals surface area contributed by atoms with Gasteiger partial charge in [-0.05, 0) is 62.1 Å². The highest BCUT2D eigenvalue weighted by Gasteiger charge is 2.39. The second kappa shape index (κ2) is 8.41. The van der Waals surface area contributed by atoms with Gasteiger partial charge in [0.05, 0.1) is 18.7 Å². The van der Waals surface area contributed by atoms with Gasteiger partial charge in [0.25, 0.3) is 0 Å². The number of carbonyl (C=O) groups excluding carboxylic acids is 2. The zero-order valence-electron chi connectivity index (χ0n) is 17.1. The van der Waals surface area contributed by atoms with Crippen LogP contribution in [0.25, 0.3) is 0 Å². The van der Waals surface area contributed by atoms with Gasteiger partial charge < -0.3 is 19.0 Å². The predicted octanol–water partition coefficient (Wildman–Crippen LogP) is 3.46. The van der Waals surface area contributed by atoms with Gasteiger partial charge in [-0.25, -0.2) is 0 Å². The van der Waals surface area contributed by atoms with Crippen LogP contribution in [0.15, 0.2) is 41.0 Å². The smallest absolute Gasteiger partial charge is 0.228 e. The number of carbonyl (C=O) groups is 2. The van der Waals surface area contributed by atoms with Crippen molar-refractivity contribution in [2.75, 3.05) is 24.7 Å². The molecule has 154 valence electrons. The molecule has 2 aliphatic heterocycles. The Balaban J connectivity index is 1.52. The first-order valence-electron chi connectivity index (χ1n) is 10.3. The minimum absolute atomic E-state index is 0.0107. The lowest BCUT2D eigenvalue weighted by Gasteiger charge is -2.35. The van der Waals surface area contributed by atoms with E-state index in [0.29, 0.717) is 26.3 Å². The third-order valence-corrected chi connectivity index (χ3v) is 6.10. The van der Waals surface area contributed by atoms with Crippen molar-refractivity contribution in [2.24, 2.45) is 5.92 Å². The van der Waals surface area contributed by atoms with Crippen molar-refractivity contribution in [1.82, 2.24) is 4.90 Å². The summed E-state index contributed by atoms with van der Waals surface area (Å²) in [6, 6.07) is 9.86. The molecule has 1 aromatic carbocycles. The zero-order valence-corrected chi connectivity index (χ0v) is 17.1. The molecule has 3 heterocycles. The van der Waals surface area contributed by atoms with Gasteiger partial charge in [-0.15, -0.1) is 0 Å². The van der Waals surface area contributed by atoms with E-state index in [4.69, 9.17) is 9.15 Å². The van der Waals surface area contributed by atoms with E-state index in [1.54, 1.807) is 11.2 Å². The van der Waals surface area contributed by atoms with Crippen LogP contribution in [0.4, 0.5) is 5.69 Å². The molecular weight excluding hydrogens is 368 g/mol. The van der Waals surface area contributed by atoms with E-state index >= 15 is 0 Å². The van der Waals surface area contributed by atoms with Gasteiger partial charge in [0, 0.05) is 37.9 Å². The summed E-state index contributed by atoms with van der Waals surface area (Å²) in [5.41, 5.74) is 3.21. The standard InChI is InChI=1S/C23H28N2O4/c1-16-5-6-20(12-17(16)2)24-14-18(13-22(24)26)23(27)25(15-21-4-3-9-29-21)19-7-10-28-11-8-19/h3-6,9,12,18-19H,7-8,10-11,13-15H2,1-2H3/t18-/m0/s1. The Bertz CT molecular complexity index is 871. The molecule has 0 spiro atoms. The van der Waals surface area contributed by atoms with E-state index in [2.05, 4.69) is 6.92 Å². The minimum Gasteiger partial charge on any atom is -0.467 e. The normalized spacial score (nSPS) is 20.3. The minimum atomic E-state index is -0.332. The molecule has 1 atom stereocenters. The summed E-state index contributed by atoms with van der Waals surface area (Å²) in [5.74, 6) is 0.478. The molecule has 2 fully saturated rings. The molecule has 2 aromatic rings. The zero-order chi connectivity index (χ0) is 20.4. The maximum absolute atomic E-state index is 13.5. The SMILES string of the molecule is Cc1ccc(N2C[C@@H](C(=O)N(Cc3ccco3)C3CCOCC3)CC2=O)cc1C. The molecule has 0 unspecified atom stereocenters. The van der Waals surface area contributed by atoms with Crippen LogP contribution in [-0.4, -0.2) is 42.5 Å². The number of furan rings is 1. The maximum atomic E-state index is 13.5. The molecule has 1 aromatic heterocycles. The first-order chi connectivity index (χ1) is 14.0. The lowest BCUT2D eigenvalue weighted by Crippen LogP contribution is -2.46. The van der Waals surface area contributed by atoms with Crippen LogP contribution in [0, 0.1) is 19.8 Å². The Morgan fingerprint density at radius 2 is 1.97 bits per heavy atom. The van der Waals surface area contributed by atoms with Crippen LogP contribution in [0.5, 0.6) is 0 Å². The van der Waals surface area contributed by atoms with Gasteiger partial charge >= 0.3 is 0 Å². The van der Waals surface area contributed by atoms with Crippen LogP contribution in [0.3, 0.4) is 0 Å². The molecule has 0 N–H and O–H groups in total. The van der Waals surface area contributed by atoms with E-state index in [1.807, 2.05) is 42.2 Å². The summed E-state index contributed by atoms with van der Waals surface area (Å²) in [5, 5.41) is 0. The van der Waals surface area contributed by atoms with Gasteiger partial charge in [0.15, 0.2) is 0 Å². The van der Waals surface area contributed by atoms with Crippen LogP contribution >= 0.6 is 0 Å². The average Bonchev–Trinajstić information content (AvgIpc) is 3.38. The first kappa shape index (κ1) is 19.7. The summed E-state index contributed by atoms with van der Waals surface area (Å²) in [7, 11) is 0. The van der Waals surface area contributed by atoms with Crippen molar-refractivity contribution >= 4 is 17.5 Å². The quantitative estimate of drug-likeness (QED) is 0.777. The highest BCUT2D eigenvalue weighted by atomic mass is 16.5. The Labute approximate surface area is 171 Å². The van der Waals surface area contributed by atoms with Crippen molar-refractivity contribution in [2.45, 2.75) is 45.7 Å². The summed E-state index contributed by atoms with van der Waals surface area (Å²) < 4.78 is 11.0. The lowest BCUT2D eigenvalue weighted by atomic mass is 10.0. The summed E-state index contributed by atoms with van der Waals surface area (Å²) >= 11 is 0. The average molecular weight is 396 g/mol. The molecule has 0 saturated carbocycles. The molecule has 2 aliphatic rings. The number of anilines is 1. The molecule has 0 bridgehead atoms. The molecule has 0 aliphatic carbocycles. The number of nitrogens with zero attached hydrogens (tertiary/aromatic N) is 2. The first-order valence-corrected chi connectivity index (χ1v) is 10.3. The van der Waals surface area contributed by atoms with Crippen LogP contribution in [-0.2, 0) is 20.9 Å². The van der Waals surface area contributed by atoms with E-state index < -0.39 is 0 Å². The summed E-state index contributed by atoms with van der Waals surface area (Å²) in [4.78, 5) is 29.9. The number of benzene rings is 1. The Hall–Kier alpha value is -2.60. The molecule has 4 rings (SSSR count). The Kier molecular flexibility index (Phi) is 5.72. The molecule has 2 amide bonds. The predicted molar refractivity (Wildman–Crippen MR) is 109 cm³/mol.